The number of carbonyl (C=O) groups excluding carboxylic acids is 2. The van der Waals surface area contributed by atoms with Crippen LogP contribution < -0.4 is 24.4 Å². The minimum atomic E-state index is -0.441. The zero-order chi connectivity index (χ0) is 31.1. The van der Waals surface area contributed by atoms with E-state index < -0.39 is 6.04 Å². The Balaban J connectivity index is 1.55. The van der Waals surface area contributed by atoms with Crippen molar-refractivity contribution in [3.8, 4) is 17.2 Å². The number of carbonyl (C=O) groups is 2. The zero-order valence-corrected chi connectivity index (χ0v) is 26.2. The molecule has 2 aromatic carbocycles. The van der Waals surface area contributed by atoms with Crippen molar-refractivity contribution in [1.29, 1.82) is 0 Å². The van der Waals surface area contributed by atoms with E-state index in [0.717, 1.165) is 24.9 Å². The highest BCUT2D eigenvalue weighted by atomic mass is 16.7. The Morgan fingerprint density at radius 2 is 1.81 bits per heavy atom. The predicted octanol–water partition coefficient (Wildman–Crippen LogP) is 4.44. The molecule has 0 fully saturated rings. The summed E-state index contributed by atoms with van der Waals surface area (Å²) < 4.78 is 23.4. The molecule has 2 aliphatic heterocycles. The van der Waals surface area contributed by atoms with Crippen LogP contribution in [0.15, 0.2) is 36.4 Å². The highest BCUT2D eigenvalue weighted by Gasteiger charge is 2.31. The lowest BCUT2D eigenvalue weighted by Crippen LogP contribution is -2.48. The lowest BCUT2D eigenvalue weighted by molar-refractivity contribution is -0.0115. The largest absolute Gasteiger partial charge is 0.490 e. The van der Waals surface area contributed by atoms with E-state index in [2.05, 4.69) is 5.32 Å². The topological polar surface area (TPSA) is 113 Å². The van der Waals surface area contributed by atoms with Crippen molar-refractivity contribution in [2.24, 2.45) is 5.92 Å². The SMILES string of the molecule is C[C@H]1CCCCO[C@@H](CN(C)C(=O)Nc2ccc3c(c2)OCO3)[C@@H](C)CN([C@@H](C)CO)C(=O)c2cc(N(C)C)ccc2O1. The molecule has 0 unspecified atom stereocenters. The fraction of sp³-hybridized carbons (Fsp3) is 0.562. The van der Waals surface area contributed by atoms with Gasteiger partial charge in [0.2, 0.25) is 6.79 Å². The lowest BCUT2D eigenvalue weighted by Gasteiger charge is -2.36. The van der Waals surface area contributed by atoms with Crippen LogP contribution in [0.5, 0.6) is 17.2 Å². The van der Waals surface area contributed by atoms with E-state index in [1.165, 1.54) is 0 Å². The van der Waals surface area contributed by atoms with Gasteiger partial charge < -0.3 is 44.1 Å². The van der Waals surface area contributed by atoms with Crippen LogP contribution in [0, 0.1) is 5.92 Å². The van der Waals surface area contributed by atoms with Crippen LogP contribution in [0.3, 0.4) is 0 Å². The summed E-state index contributed by atoms with van der Waals surface area (Å²) in [6, 6.07) is 10.2. The minimum Gasteiger partial charge on any atom is -0.490 e. The second-order valence-corrected chi connectivity index (χ2v) is 11.8. The Hall–Kier alpha value is -3.70. The third-order valence-corrected chi connectivity index (χ3v) is 7.98. The maximum atomic E-state index is 14.1. The van der Waals surface area contributed by atoms with E-state index in [9.17, 15) is 14.7 Å². The number of urea groups is 1. The van der Waals surface area contributed by atoms with Gasteiger partial charge in [-0.15, -0.1) is 0 Å². The molecule has 0 spiro atoms. The van der Waals surface area contributed by atoms with Gasteiger partial charge in [-0.1, -0.05) is 6.92 Å². The first-order valence-corrected chi connectivity index (χ1v) is 15.0. The van der Waals surface area contributed by atoms with E-state index in [4.69, 9.17) is 18.9 Å². The van der Waals surface area contributed by atoms with Gasteiger partial charge in [0, 0.05) is 64.2 Å². The van der Waals surface area contributed by atoms with Gasteiger partial charge in [0.25, 0.3) is 5.91 Å². The van der Waals surface area contributed by atoms with Gasteiger partial charge in [0.05, 0.1) is 30.4 Å². The molecule has 0 aromatic heterocycles. The summed E-state index contributed by atoms with van der Waals surface area (Å²) in [6.45, 7) is 6.97. The van der Waals surface area contributed by atoms with Gasteiger partial charge in [0.15, 0.2) is 11.5 Å². The van der Waals surface area contributed by atoms with Gasteiger partial charge in [-0.2, -0.15) is 0 Å². The normalized spacial score (nSPS) is 21.7. The number of rotatable bonds is 6. The summed E-state index contributed by atoms with van der Waals surface area (Å²) in [5.74, 6) is 1.40. The Morgan fingerprint density at radius 1 is 1.07 bits per heavy atom. The van der Waals surface area contributed by atoms with Crippen molar-refractivity contribution in [2.45, 2.75) is 58.3 Å². The highest BCUT2D eigenvalue weighted by Crippen LogP contribution is 2.34. The van der Waals surface area contributed by atoms with Gasteiger partial charge in [-0.25, -0.2) is 4.79 Å². The number of anilines is 2. The quantitative estimate of drug-likeness (QED) is 0.502. The van der Waals surface area contributed by atoms with E-state index >= 15 is 0 Å². The van der Waals surface area contributed by atoms with Gasteiger partial charge in [-0.3, -0.25) is 4.79 Å². The molecule has 0 saturated carbocycles. The monoisotopic (exact) mass is 598 g/mol. The van der Waals surface area contributed by atoms with Crippen molar-refractivity contribution in [2.75, 3.05) is 64.5 Å². The molecule has 0 bridgehead atoms. The number of ether oxygens (including phenoxy) is 4. The maximum Gasteiger partial charge on any atom is 0.321 e. The minimum absolute atomic E-state index is 0.0934. The predicted molar refractivity (Wildman–Crippen MR) is 165 cm³/mol. The van der Waals surface area contributed by atoms with Crippen LogP contribution in [0.4, 0.5) is 16.2 Å². The first-order chi connectivity index (χ1) is 20.6. The number of hydrogen-bond donors (Lipinski definition) is 2. The zero-order valence-electron chi connectivity index (χ0n) is 26.2. The molecular weight excluding hydrogens is 552 g/mol. The number of fused-ring (bicyclic) bond motifs is 2. The fourth-order valence-corrected chi connectivity index (χ4v) is 5.20. The summed E-state index contributed by atoms with van der Waals surface area (Å²) in [5, 5.41) is 13.0. The molecule has 0 aliphatic carbocycles. The van der Waals surface area contributed by atoms with E-state index in [-0.39, 0.29) is 43.5 Å². The number of benzene rings is 2. The molecule has 2 heterocycles. The van der Waals surface area contributed by atoms with Crippen molar-refractivity contribution < 1.29 is 33.6 Å². The molecule has 0 saturated heterocycles. The molecule has 43 heavy (non-hydrogen) atoms. The Kier molecular flexibility index (Phi) is 11.0. The number of hydrogen-bond acceptors (Lipinski definition) is 8. The van der Waals surface area contributed by atoms with Crippen LogP contribution in [-0.2, 0) is 4.74 Å². The standard InChI is InChI=1S/C32H46N4O7/c1-21-17-36(22(2)19-37)31(38)26-16-25(34(4)5)11-13-27(26)43-23(3)9-7-8-14-40-30(21)18-35(6)32(39)33-24-10-12-28-29(15-24)42-20-41-28/h10-13,15-16,21-23,30,37H,7-9,14,17-20H2,1-6H3,(H,33,39)/t21-,22-,23-,30-/m0/s1. The second kappa shape index (κ2) is 14.7. The second-order valence-electron chi connectivity index (χ2n) is 11.8. The number of amides is 3. The molecule has 11 heteroatoms. The summed E-state index contributed by atoms with van der Waals surface area (Å²) in [4.78, 5) is 32.5. The van der Waals surface area contributed by atoms with Crippen LogP contribution in [0.2, 0.25) is 0 Å². The van der Waals surface area contributed by atoms with Crippen LogP contribution >= 0.6 is 0 Å². The first kappa shape index (κ1) is 32.2. The number of aliphatic hydroxyl groups is 1. The smallest absolute Gasteiger partial charge is 0.321 e. The van der Waals surface area contributed by atoms with Gasteiger partial charge in [-0.05, 0) is 63.4 Å². The molecule has 0 radical (unpaired) electrons. The summed E-state index contributed by atoms with van der Waals surface area (Å²) in [7, 11) is 5.58. The van der Waals surface area contributed by atoms with Crippen LogP contribution in [-0.4, -0.2) is 99.3 Å². The Morgan fingerprint density at radius 3 is 2.56 bits per heavy atom. The van der Waals surface area contributed by atoms with Crippen LogP contribution in [0.25, 0.3) is 0 Å². The maximum absolute atomic E-state index is 14.1. The lowest BCUT2D eigenvalue weighted by atomic mass is 10.0. The summed E-state index contributed by atoms with van der Waals surface area (Å²) in [5.41, 5.74) is 1.94. The van der Waals surface area contributed by atoms with Crippen molar-refractivity contribution >= 4 is 23.3 Å². The molecular formula is C32H46N4O7. The third kappa shape index (κ3) is 8.23. The molecule has 4 atom stereocenters. The van der Waals surface area contributed by atoms with E-state index in [1.54, 1.807) is 35.0 Å². The summed E-state index contributed by atoms with van der Waals surface area (Å²) in [6.07, 6.45) is 2.10. The highest BCUT2D eigenvalue weighted by molar-refractivity contribution is 5.98. The van der Waals surface area contributed by atoms with Gasteiger partial charge in [0.1, 0.15) is 5.75 Å². The molecule has 2 N–H and O–H groups in total. The van der Waals surface area contributed by atoms with E-state index in [0.29, 0.717) is 48.2 Å². The average molecular weight is 599 g/mol. The van der Waals surface area contributed by atoms with Crippen LogP contribution in [0.1, 0.15) is 50.4 Å². The molecule has 2 aromatic rings. The van der Waals surface area contributed by atoms with Crippen molar-refractivity contribution in [1.82, 2.24) is 9.80 Å². The number of likely N-dealkylation sites (N-methyl/N-ethyl adjacent to an activating group) is 1. The Labute approximate surface area is 254 Å². The third-order valence-electron chi connectivity index (χ3n) is 7.98. The molecule has 4 rings (SSSR count). The first-order valence-electron chi connectivity index (χ1n) is 15.0. The van der Waals surface area contributed by atoms with E-state index in [1.807, 2.05) is 58.0 Å². The summed E-state index contributed by atoms with van der Waals surface area (Å²) >= 11 is 0. The van der Waals surface area contributed by atoms with Crippen molar-refractivity contribution in [3.63, 3.8) is 0 Å². The Bertz CT molecular complexity index is 1260. The molecule has 3 amide bonds. The average Bonchev–Trinajstić information content (AvgIpc) is 3.45. The number of nitrogens with one attached hydrogen (secondary N) is 1. The molecule has 2 aliphatic rings. The molecule has 11 nitrogen and oxygen atoms in total. The van der Waals surface area contributed by atoms with Gasteiger partial charge >= 0.3 is 6.03 Å². The number of nitrogens with zero attached hydrogens (tertiary/aromatic N) is 3. The van der Waals surface area contributed by atoms with Crippen molar-refractivity contribution in [3.05, 3.63) is 42.0 Å². The molecule has 236 valence electrons. The number of aliphatic hydroxyl groups excluding tert-OH is 1. The fourth-order valence-electron chi connectivity index (χ4n) is 5.20.